The number of amides is 2. The number of aromatic nitrogens is 2. The first kappa shape index (κ1) is 19.9. The summed E-state index contributed by atoms with van der Waals surface area (Å²) in [5.41, 5.74) is 6.43. The van der Waals surface area contributed by atoms with E-state index in [0.717, 1.165) is 61.0 Å². The lowest BCUT2D eigenvalue weighted by atomic mass is 9.99. The van der Waals surface area contributed by atoms with Gasteiger partial charge in [-0.1, -0.05) is 6.07 Å². The van der Waals surface area contributed by atoms with E-state index in [1.807, 2.05) is 19.0 Å². The van der Waals surface area contributed by atoms with Crippen molar-refractivity contribution in [1.29, 1.82) is 0 Å². The van der Waals surface area contributed by atoms with E-state index in [1.165, 1.54) is 21.9 Å². The van der Waals surface area contributed by atoms with Crippen LogP contribution >= 0.6 is 0 Å². The number of aryl methyl sites for hydroxylation is 3. The summed E-state index contributed by atoms with van der Waals surface area (Å²) in [5.74, 6) is 0. The molecular formula is C20H27N5O3S. The summed E-state index contributed by atoms with van der Waals surface area (Å²) >= 11 is 0. The monoisotopic (exact) mass is 417 g/mol. The molecule has 0 bridgehead atoms. The van der Waals surface area contributed by atoms with Gasteiger partial charge in [0.1, 0.15) is 0 Å². The highest BCUT2D eigenvalue weighted by Crippen LogP contribution is 2.38. The highest BCUT2D eigenvalue weighted by atomic mass is 32.2. The third-order valence-corrected chi connectivity index (χ3v) is 6.85. The van der Waals surface area contributed by atoms with E-state index < -0.39 is 16.1 Å². The fraction of sp³-hybridized carbons (Fsp3) is 0.500. The van der Waals surface area contributed by atoms with Gasteiger partial charge in [0.15, 0.2) is 5.03 Å². The number of fused-ring (bicyclic) bond motifs is 2. The van der Waals surface area contributed by atoms with Crippen molar-refractivity contribution in [2.24, 2.45) is 7.05 Å². The number of hydrogen-bond acceptors (Lipinski definition) is 5. The molecule has 8 nitrogen and oxygen atoms in total. The lowest BCUT2D eigenvalue weighted by molar-refractivity contribution is 0.256. The molecule has 9 heteroatoms. The summed E-state index contributed by atoms with van der Waals surface area (Å²) in [5, 5.41) is 6.76. The van der Waals surface area contributed by atoms with Crippen LogP contribution in [-0.4, -0.2) is 43.2 Å². The third-order valence-electron chi connectivity index (χ3n) is 5.65. The first-order chi connectivity index (χ1) is 13.7. The fourth-order valence-corrected chi connectivity index (χ4v) is 5.28. The van der Waals surface area contributed by atoms with Gasteiger partial charge in [0.25, 0.3) is 10.0 Å². The number of sulfonamides is 1. The van der Waals surface area contributed by atoms with Gasteiger partial charge in [-0.05, 0) is 74.9 Å². The van der Waals surface area contributed by atoms with E-state index >= 15 is 0 Å². The summed E-state index contributed by atoms with van der Waals surface area (Å²) in [7, 11) is 1.42. The highest BCUT2D eigenvalue weighted by Gasteiger charge is 2.27. The zero-order chi connectivity index (χ0) is 20.8. The molecule has 2 aliphatic rings. The average Bonchev–Trinajstić information content (AvgIpc) is 3.34. The van der Waals surface area contributed by atoms with E-state index in [2.05, 4.69) is 21.2 Å². The van der Waals surface area contributed by atoms with Gasteiger partial charge in [0, 0.05) is 25.3 Å². The lowest BCUT2D eigenvalue weighted by Gasteiger charge is -2.16. The van der Waals surface area contributed by atoms with Crippen molar-refractivity contribution in [2.45, 2.75) is 50.1 Å². The zero-order valence-electron chi connectivity index (χ0n) is 17.1. The van der Waals surface area contributed by atoms with Gasteiger partial charge in [-0.2, -0.15) is 13.5 Å². The van der Waals surface area contributed by atoms with Crippen LogP contribution in [0.2, 0.25) is 0 Å². The van der Waals surface area contributed by atoms with Gasteiger partial charge in [-0.25, -0.2) is 9.52 Å². The molecule has 0 radical (unpaired) electrons. The molecule has 2 aromatic rings. The molecule has 29 heavy (non-hydrogen) atoms. The second kappa shape index (κ2) is 7.46. The quantitative estimate of drug-likeness (QED) is 0.775. The van der Waals surface area contributed by atoms with Crippen molar-refractivity contribution in [1.82, 2.24) is 19.4 Å². The maximum absolute atomic E-state index is 12.7. The van der Waals surface area contributed by atoms with Crippen LogP contribution in [0.25, 0.3) is 0 Å². The molecule has 0 spiro atoms. The summed E-state index contributed by atoms with van der Waals surface area (Å²) < 4.78 is 29.0. The Bertz CT molecular complexity index is 1040. The summed E-state index contributed by atoms with van der Waals surface area (Å²) in [6, 6.07) is 3.03. The Morgan fingerprint density at radius 2 is 1.72 bits per heavy atom. The Labute approximate surface area is 171 Å². The number of nitrogens with zero attached hydrogens (tertiary/aromatic N) is 3. The first-order valence-corrected chi connectivity index (χ1v) is 11.4. The Morgan fingerprint density at radius 3 is 2.31 bits per heavy atom. The second-order valence-electron chi connectivity index (χ2n) is 8.13. The third kappa shape index (κ3) is 3.89. The van der Waals surface area contributed by atoms with Gasteiger partial charge in [0.2, 0.25) is 0 Å². The minimum Gasteiger partial charge on any atom is -0.307 e. The van der Waals surface area contributed by atoms with Crippen LogP contribution in [0.1, 0.15) is 40.8 Å². The van der Waals surface area contributed by atoms with Gasteiger partial charge >= 0.3 is 6.03 Å². The van der Waals surface area contributed by atoms with Crippen molar-refractivity contribution in [3.05, 3.63) is 40.1 Å². The van der Waals surface area contributed by atoms with E-state index in [1.54, 1.807) is 7.05 Å². The highest BCUT2D eigenvalue weighted by molar-refractivity contribution is 7.90. The topological polar surface area (TPSA) is 96.3 Å². The number of benzene rings is 1. The van der Waals surface area contributed by atoms with Crippen LogP contribution in [0.4, 0.5) is 10.5 Å². The number of carbonyl (C=O) groups is 1. The Morgan fingerprint density at radius 1 is 1.10 bits per heavy atom. The van der Waals surface area contributed by atoms with Crippen LogP contribution in [-0.2, 0) is 49.3 Å². The van der Waals surface area contributed by atoms with Gasteiger partial charge in [-0.3, -0.25) is 4.68 Å². The van der Waals surface area contributed by atoms with Crippen LogP contribution in [0.3, 0.4) is 0 Å². The lowest BCUT2D eigenvalue weighted by Crippen LogP contribution is -2.35. The molecule has 1 aromatic carbocycles. The van der Waals surface area contributed by atoms with Crippen LogP contribution < -0.4 is 10.0 Å². The molecule has 0 saturated heterocycles. The van der Waals surface area contributed by atoms with Crippen molar-refractivity contribution in [3.63, 3.8) is 0 Å². The number of urea groups is 1. The Kier molecular flexibility index (Phi) is 5.12. The molecule has 2 N–H and O–H groups in total. The molecule has 2 aliphatic carbocycles. The smallest absolute Gasteiger partial charge is 0.307 e. The predicted molar refractivity (Wildman–Crippen MR) is 110 cm³/mol. The van der Waals surface area contributed by atoms with Crippen molar-refractivity contribution >= 4 is 21.7 Å². The fourth-order valence-electron chi connectivity index (χ4n) is 4.36. The van der Waals surface area contributed by atoms with E-state index in [0.29, 0.717) is 6.54 Å². The molecule has 0 aliphatic heterocycles. The second-order valence-corrected chi connectivity index (χ2v) is 9.76. The SMILES string of the molecule is CN(C)Cc1cc(S(=O)(=O)NC(=O)Nc2c3c(cc4c2CCC4)CCC3)nn1C. The van der Waals surface area contributed by atoms with Crippen LogP contribution in [0, 0.1) is 0 Å². The summed E-state index contributed by atoms with van der Waals surface area (Å²) in [4.78, 5) is 14.5. The molecule has 2 amide bonds. The van der Waals surface area contributed by atoms with Crippen molar-refractivity contribution < 1.29 is 13.2 Å². The molecule has 1 aromatic heterocycles. The summed E-state index contributed by atoms with van der Waals surface area (Å²) in [6.07, 6.45) is 5.99. The zero-order valence-corrected chi connectivity index (χ0v) is 17.9. The van der Waals surface area contributed by atoms with Crippen molar-refractivity contribution in [2.75, 3.05) is 19.4 Å². The average molecular weight is 418 g/mol. The summed E-state index contributed by atoms with van der Waals surface area (Å²) in [6.45, 7) is 0.549. The van der Waals surface area contributed by atoms with E-state index in [4.69, 9.17) is 0 Å². The van der Waals surface area contributed by atoms with Crippen molar-refractivity contribution in [3.8, 4) is 0 Å². The number of anilines is 1. The standard InChI is InChI=1S/C20H27N5O3S/c1-24(2)12-15-11-18(22-25(15)3)29(27,28)23-20(26)21-19-16-8-4-6-13(16)10-14-7-5-9-17(14)19/h10-11H,4-9,12H2,1-3H3,(H2,21,23,26). The minimum absolute atomic E-state index is 0.157. The molecule has 1 heterocycles. The van der Waals surface area contributed by atoms with Gasteiger partial charge in [0.05, 0.1) is 5.69 Å². The maximum atomic E-state index is 12.7. The first-order valence-electron chi connectivity index (χ1n) is 9.92. The number of hydrogen-bond donors (Lipinski definition) is 2. The number of nitrogens with one attached hydrogen (secondary N) is 2. The molecule has 0 atom stereocenters. The number of carbonyl (C=O) groups excluding carboxylic acids is 1. The predicted octanol–water partition coefficient (Wildman–Crippen LogP) is 1.97. The Balaban J connectivity index is 1.55. The largest absolute Gasteiger partial charge is 0.333 e. The molecule has 156 valence electrons. The maximum Gasteiger partial charge on any atom is 0.333 e. The molecule has 0 saturated carbocycles. The van der Waals surface area contributed by atoms with E-state index in [-0.39, 0.29) is 5.03 Å². The number of rotatable bonds is 5. The molecule has 0 fully saturated rings. The molecular weight excluding hydrogens is 390 g/mol. The Hall–Kier alpha value is -2.39. The van der Waals surface area contributed by atoms with Gasteiger partial charge < -0.3 is 10.2 Å². The van der Waals surface area contributed by atoms with Crippen LogP contribution in [0.15, 0.2) is 17.2 Å². The molecule has 4 rings (SSSR count). The minimum atomic E-state index is -4.06. The normalized spacial score (nSPS) is 15.4. The van der Waals surface area contributed by atoms with Gasteiger partial charge in [-0.15, -0.1) is 0 Å². The van der Waals surface area contributed by atoms with Crippen LogP contribution in [0.5, 0.6) is 0 Å². The van der Waals surface area contributed by atoms with E-state index in [9.17, 15) is 13.2 Å². The molecule has 0 unspecified atom stereocenters.